The number of hydrogen-bond donors (Lipinski definition) is 2. The number of nitrogens with one attached hydrogen (secondary N) is 1. The van der Waals surface area contributed by atoms with E-state index in [1.54, 1.807) is 32.4 Å². The van der Waals surface area contributed by atoms with Crippen molar-refractivity contribution in [1.82, 2.24) is 5.32 Å². The summed E-state index contributed by atoms with van der Waals surface area (Å²) in [7, 11) is 3.15. The summed E-state index contributed by atoms with van der Waals surface area (Å²) in [6, 6.07) is 4.34. The van der Waals surface area contributed by atoms with Crippen molar-refractivity contribution in [1.29, 1.82) is 0 Å². The van der Waals surface area contributed by atoms with E-state index < -0.39 is 12.0 Å². The van der Waals surface area contributed by atoms with Gasteiger partial charge in [-0.15, -0.1) is 0 Å². The molecule has 0 heterocycles. The molecule has 0 aliphatic heterocycles. The zero-order valence-corrected chi connectivity index (χ0v) is 10.2. The molecule has 1 atom stereocenters. The molecule has 0 aliphatic carbocycles. The smallest absolute Gasteiger partial charge is 0.325 e. The molecule has 1 aromatic rings. The average molecular weight is 239 g/mol. The number of methoxy groups -OCH3 is 1. The number of likely N-dealkylation sites (N-methyl/N-ethyl adjacent to an activating group) is 1. The van der Waals surface area contributed by atoms with Gasteiger partial charge in [-0.2, -0.15) is 0 Å². The second-order valence-corrected chi connectivity index (χ2v) is 3.40. The van der Waals surface area contributed by atoms with Crippen LogP contribution in [0.4, 0.5) is 0 Å². The molecule has 0 aliphatic rings. The molecule has 5 nitrogen and oxygen atoms in total. The Morgan fingerprint density at radius 1 is 1.47 bits per heavy atom. The lowest BCUT2D eigenvalue weighted by atomic mass is 10.1. The van der Waals surface area contributed by atoms with Gasteiger partial charge in [-0.05, 0) is 31.7 Å². The predicted molar refractivity (Wildman–Crippen MR) is 63.6 cm³/mol. The first-order chi connectivity index (χ1) is 8.13. The van der Waals surface area contributed by atoms with E-state index in [1.165, 1.54) is 0 Å². The van der Waals surface area contributed by atoms with Crippen LogP contribution in [0.2, 0.25) is 0 Å². The molecule has 2 N–H and O–H groups in total. The SMILES string of the molecule is CCOc1cc(C(NC)C(=O)O)ccc1OC. The third-order valence-corrected chi connectivity index (χ3v) is 2.36. The minimum absolute atomic E-state index is 0.497. The van der Waals surface area contributed by atoms with Crippen LogP contribution in [-0.4, -0.2) is 31.8 Å². The molecular formula is C12H17NO4. The van der Waals surface area contributed by atoms with Crippen molar-refractivity contribution in [2.24, 2.45) is 0 Å². The van der Waals surface area contributed by atoms with Crippen LogP contribution in [0, 0.1) is 0 Å². The molecule has 1 rings (SSSR count). The highest BCUT2D eigenvalue weighted by atomic mass is 16.5. The molecule has 0 amide bonds. The highest BCUT2D eigenvalue weighted by Crippen LogP contribution is 2.30. The topological polar surface area (TPSA) is 67.8 Å². The van der Waals surface area contributed by atoms with E-state index in [-0.39, 0.29) is 0 Å². The third kappa shape index (κ3) is 3.10. The maximum absolute atomic E-state index is 11.0. The van der Waals surface area contributed by atoms with E-state index in [2.05, 4.69) is 5.32 Å². The van der Waals surface area contributed by atoms with Crippen LogP contribution in [0.1, 0.15) is 18.5 Å². The molecule has 0 radical (unpaired) electrons. The highest BCUT2D eigenvalue weighted by molar-refractivity contribution is 5.75. The number of benzene rings is 1. The van der Waals surface area contributed by atoms with E-state index in [1.807, 2.05) is 6.92 Å². The Hall–Kier alpha value is -1.75. The largest absolute Gasteiger partial charge is 0.493 e. The minimum atomic E-state index is -0.930. The Labute approximate surface area is 100 Å². The van der Waals surface area contributed by atoms with Crippen LogP contribution in [0.3, 0.4) is 0 Å². The summed E-state index contributed by atoms with van der Waals surface area (Å²) in [5.41, 5.74) is 0.629. The normalized spacial score (nSPS) is 11.9. The van der Waals surface area contributed by atoms with Gasteiger partial charge in [0.15, 0.2) is 11.5 Å². The Morgan fingerprint density at radius 2 is 2.18 bits per heavy atom. The van der Waals surface area contributed by atoms with E-state index in [0.29, 0.717) is 23.7 Å². The molecule has 94 valence electrons. The second kappa shape index (κ2) is 6.10. The van der Waals surface area contributed by atoms with Crippen molar-refractivity contribution >= 4 is 5.97 Å². The Morgan fingerprint density at radius 3 is 2.65 bits per heavy atom. The Kier molecular flexibility index (Phi) is 4.78. The van der Waals surface area contributed by atoms with Crippen molar-refractivity contribution in [3.8, 4) is 11.5 Å². The molecule has 1 aromatic carbocycles. The van der Waals surface area contributed by atoms with Crippen LogP contribution in [0.25, 0.3) is 0 Å². The summed E-state index contributed by atoms with van der Waals surface area (Å²) < 4.78 is 10.5. The van der Waals surface area contributed by atoms with Gasteiger partial charge in [0.1, 0.15) is 6.04 Å². The fourth-order valence-corrected chi connectivity index (χ4v) is 1.57. The summed E-state index contributed by atoms with van der Waals surface area (Å²) in [5, 5.41) is 11.8. The van der Waals surface area contributed by atoms with Crippen LogP contribution in [0.5, 0.6) is 11.5 Å². The molecule has 0 spiro atoms. The van der Waals surface area contributed by atoms with Crippen molar-refractivity contribution < 1.29 is 19.4 Å². The summed E-state index contributed by atoms with van der Waals surface area (Å²) in [5.74, 6) is 0.213. The van der Waals surface area contributed by atoms with Crippen molar-refractivity contribution in [2.75, 3.05) is 20.8 Å². The zero-order valence-electron chi connectivity index (χ0n) is 10.2. The summed E-state index contributed by atoms with van der Waals surface area (Å²) >= 11 is 0. The van der Waals surface area contributed by atoms with Gasteiger partial charge < -0.3 is 19.9 Å². The average Bonchev–Trinajstić information content (AvgIpc) is 2.30. The first-order valence-electron chi connectivity index (χ1n) is 5.34. The number of ether oxygens (including phenoxy) is 2. The standard InChI is InChI=1S/C12H17NO4/c1-4-17-10-7-8(5-6-9(10)16-3)11(13-2)12(14)15/h5-7,11,13H,4H2,1-3H3,(H,14,15). The van der Waals surface area contributed by atoms with Crippen molar-refractivity contribution in [3.63, 3.8) is 0 Å². The monoisotopic (exact) mass is 239 g/mol. The zero-order chi connectivity index (χ0) is 12.8. The maximum Gasteiger partial charge on any atom is 0.325 e. The van der Waals surface area contributed by atoms with Crippen LogP contribution in [-0.2, 0) is 4.79 Å². The summed E-state index contributed by atoms with van der Waals surface area (Å²) in [4.78, 5) is 11.0. The van der Waals surface area contributed by atoms with E-state index in [4.69, 9.17) is 14.6 Å². The first-order valence-corrected chi connectivity index (χ1v) is 5.34. The molecule has 5 heteroatoms. The van der Waals surface area contributed by atoms with Gasteiger partial charge in [0.2, 0.25) is 0 Å². The van der Waals surface area contributed by atoms with Gasteiger partial charge >= 0.3 is 5.97 Å². The number of carboxylic acids is 1. The van der Waals surface area contributed by atoms with Gasteiger partial charge in [-0.3, -0.25) is 4.79 Å². The molecular weight excluding hydrogens is 222 g/mol. The number of carboxylic acid groups (broad SMARTS) is 1. The van der Waals surface area contributed by atoms with Gasteiger partial charge in [-0.1, -0.05) is 6.07 Å². The minimum Gasteiger partial charge on any atom is -0.493 e. The number of hydrogen-bond acceptors (Lipinski definition) is 4. The lowest BCUT2D eigenvalue weighted by Crippen LogP contribution is -2.24. The first kappa shape index (κ1) is 13.3. The van der Waals surface area contributed by atoms with E-state index >= 15 is 0 Å². The third-order valence-electron chi connectivity index (χ3n) is 2.36. The molecule has 1 unspecified atom stereocenters. The molecule has 0 aromatic heterocycles. The van der Waals surface area contributed by atoms with Gasteiger partial charge in [-0.25, -0.2) is 0 Å². The molecule has 0 fully saturated rings. The predicted octanol–water partition coefficient (Wildman–Crippen LogP) is 1.44. The number of rotatable bonds is 6. The lowest BCUT2D eigenvalue weighted by molar-refractivity contribution is -0.139. The van der Waals surface area contributed by atoms with Crippen LogP contribution in [0.15, 0.2) is 18.2 Å². The van der Waals surface area contributed by atoms with E-state index in [0.717, 1.165) is 0 Å². The Bertz CT molecular complexity index is 392. The van der Waals surface area contributed by atoms with Gasteiger partial charge in [0.05, 0.1) is 13.7 Å². The van der Waals surface area contributed by atoms with Gasteiger partial charge in [0, 0.05) is 0 Å². The molecule has 0 saturated heterocycles. The maximum atomic E-state index is 11.0. The van der Waals surface area contributed by atoms with Crippen molar-refractivity contribution in [3.05, 3.63) is 23.8 Å². The summed E-state index contributed by atoms with van der Waals surface area (Å²) in [6.07, 6.45) is 0. The molecule has 0 bridgehead atoms. The molecule has 17 heavy (non-hydrogen) atoms. The van der Waals surface area contributed by atoms with Gasteiger partial charge in [0.25, 0.3) is 0 Å². The lowest BCUT2D eigenvalue weighted by Gasteiger charge is -2.15. The second-order valence-electron chi connectivity index (χ2n) is 3.40. The van der Waals surface area contributed by atoms with Crippen LogP contribution < -0.4 is 14.8 Å². The summed E-state index contributed by atoms with van der Waals surface area (Å²) in [6.45, 7) is 2.36. The molecule has 0 saturated carbocycles. The quantitative estimate of drug-likeness (QED) is 0.786. The van der Waals surface area contributed by atoms with E-state index in [9.17, 15) is 4.79 Å². The highest BCUT2D eigenvalue weighted by Gasteiger charge is 2.19. The van der Waals surface area contributed by atoms with Crippen LogP contribution >= 0.6 is 0 Å². The fraction of sp³-hybridized carbons (Fsp3) is 0.417. The Balaban J connectivity index is 3.09. The number of carbonyl (C=O) groups is 1. The fourth-order valence-electron chi connectivity index (χ4n) is 1.57. The van der Waals surface area contributed by atoms with Crippen molar-refractivity contribution in [2.45, 2.75) is 13.0 Å². The number of aliphatic carboxylic acids is 1.